The van der Waals surface area contributed by atoms with E-state index in [1.54, 1.807) is 0 Å². The van der Waals surface area contributed by atoms with Gasteiger partial charge in [-0.2, -0.15) is 0 Å². The van der Waals surface area contributed by atoms with Gasteiger partial charge < -0.3 is 0 Å². The van der Waals surface area contributed by atoms with Crippen LogP contribution in [0.4, 0.5) is 5.69 Å². The van der Waals surface area contributed by atoms with Crippen molar-refractivity contribution in [2.75, 3.05) is 21.1 Å². The summed E-state index contributed by atoms with van der Waals surface area (Å²) in [6.07, 6.45) is 0. The van der Waals surface area contributed by atoms with E-state index in [0.717, 1.165) is 8.91 Å². The third-order valence-electron chi connectivity index (χ3n) is 1.87. The Morgan fingerprint density at radius 3 is 1.92 bits per heavy atom. The summed E-state index contributed by atoms with van der Waals surface area (Å²) < 4.78 is 1.98. The zero-order valence-corrected chi connectivity index (χ0v) is 10.00. The minimum atomic E-state index is 0.890. The molecule has 1 aromatic carbocycles. The van der Waals surface area contributed by atoms with Crippen molar-refractivity contribution in [1.29, 1.82) is 0 Å². The fraction of sp³-hybridized carbons (Fsp3) is 0.400. The first-order chi connectivity index (χ1) is 5.54. The molecule has 66 valence electrons. The van der Waals surface area contributed by atoms with Crippen molar-refractivity contribution in [2.24, 2.45) is 0 Å². The quantitative estimate of drug-likeness (QED) is 0.442. The lowest BCUT2D eigenvalue weighted by atomic mass is 10.2. The summed E-state index contributed by atoms with van der Waals surface area (Å²) in [4.78, 5) is 0. The number of halogens is 1. The highest BCUT2D eigenvalue weighted by atomic mass is 127. The number of hydrogen-bond donors (Lipinski definition) is 0. The predicted molar refractivity (Wildman–Crippen MR) is 63.7 cm³/mol. The second-order valence-corrected chi connectivity index (χ2v) is 4.58. The van der Waals surface area contributed by atoms with Crippen LogP contribution in [0.25, 0.3) is 0 Å². The van der Waals surface area contributed by atoms with Crippen LogP contribution in [-0.4, -0.2) is 21.1 Å². The Balaban J connectivity index is 2.93. The van der Waals surface area contributed by atoms with Gasteiger partial charge in [0.05, 0.1) is 21.1 Å². The first-order valence-corrected chi connectivity index (χ1v) is 5.53. The van der Waals surface area contributed by atoms with Gasteiger partial charge in [-0.1, -0.05) is 34.7 Å². The fourth-order valence-electron chi connectivity index (χ4n) is 1.03. The second kappa shape index (κ2) is 3.75. The van der Waals surface area contributed by atoms with Gasteiger partial charge in [0, 0.05) is 4.43 Å². The predicted octanol–water partition coefficient (Wildman–Crippen LogP) is 2.82. The van der Waals surface area contributed by atoms with Gasteiger partial charge in [-0.15, -0.1) is 0 Å². The molecule has 0 spiro atoms. The molecule has 0 unspecified atom stereocenters. The molecule has 0 atom stereocenters. The summed E-state index contributed by atoms with van der Waals surface area (Å²) in [6, 6.07) is 8.80. The maximum Gasteiger partial charge on any atom is 0.132 e. The average Bonchev–Trinajstić information content (AvgIpc) is 2.03. The summed E-state index contributed by atoms with van der Waals surface area (Å²) in [7, 11) is 6.54. The SMILES string of the molecule is C[N+](C)(C)c1ccc(CI)cc1. The molecule has 0 N–H and O–H groups in total. The molecule has 0 heterocycles. The molecule has 1 rings (SSSR count). The van der Waals surface area contributed by atoms with Crippen LogP contribution in [0.5, 0.6) is 0 Å². The van der Waals surface area contributed by atoms with E-state index in [2.05, 4.69) is 68.0 Å². The second-order valence-electron chi connectivity index (χ2n) is 3.81. The van der Waals surface area contributed by atoms with E-state index in [-0.39, 0.29) is 0 Å². The van der Waals surface area contributed by atoms with Gasteiger partial charge in [0.1, 0.15) is 5.69 Å². The van der Waals surface area contributed by atoms with Crippen LogP contribution in [0.1, 0.15) is 5.56 Å². The highest BCUT2D eigenvalue weighted by Crippen LogP contribution is 2.18. The molecule has 2 heteroatoms. The van der Waals surface area contributed by atoms with E-state index in [9.17, 15) is 0 Å². The van der Waals surface area contributed by atoms with Gasteiger partial charge in [0.15, 0.2) is 0 Å². The van der Waals surface area contributed by atoms with Crippen molar-refractivity contribution in [3.63, 3.8) is 0 Å². The van der Waals surface area contributed by atoms with Gasteiger partial charge in [-0.3, -0.25) is 4.48 Å². The van der Waals surface area contributed by atoms with Crippen molar-refractivity contribution in [3.8, 4) is 0 Å². The molecule has 0 saturated heterocycles. The van der Waals surface area contributed by atoms with Crippen LogP contribution in [0.3, 0.4) is 0 Å². The molecular weight excluding hydrogens is 261 g/mol. The van der Waals surface area contributed by atoms with Crippen LogP contribution in [0, 0.1) is 0 Å². The summed E-state index contributed by atoms with van der Waals surface area (Å²) in [5.74, 6) is 0. The molecule has 0 saturated carbocycles. The molecule has 0 bridgehead atoms. The van der Waals surface area contributed by atoms with Crippen molar-refractivity contribution < 1.29 is 0 Å². The Morgan fingerprint density at radius 1 is 1.08 bits per heavy atom. The number of nitrogens with zero attached hydrogens (tertiary/aromatic N) is 1. The Bertz CT molecular complexity index is 246. The van der Waals surface area contributed by atoms with Crippen LogP contribution >= 0.6 is 22.6 Å². The lowest BCUT2D eigenvalue weighted by Gasteiger charge is -2.23. The number of alkyl halides is 1. The van der Waals surface area contributed by atoms with Gasteiger partial charge in [-0.05, 0) is 17.7 Å². The molecule has 0 amide bonds. The molecule has 1 aromatic rings. The van der Waals surface area contributed by atoms with E-state index in [1.165, 1.54) is 11.3 Å². The summed E-state index contributed by atoms with van der Waals surface area (Å²) in [6.45, 7) is 0. The monoisotopic (exact) mass is 276 g/mol. The van der Waals surface area contributed by atoms with Crippen LogP contribution in [0.2, 0.25) is 0 Å². The molecule has 0 aliphatic rings. The van der Waals surface area contributed by atoms with Crippen LogP contribution in [0.15, 0.2) is 24.3 Å². The average molecular weight is 276 g/mol. The molecular formula is C10H15IN+. The van der Waals surface area contributed by atoms with E-state index in [0.29, 0.717) is 0 Å². The first kappa shape index (κ1) is 9.99. The Hall–Kier alpha value is -0.0900. The third-order valence-corrected chi connectivity index (χ3v) is 2.75. The maximum absolute atomic E-state index is 2.38. The highest BCUT2D eigenvalue weighted by molar-refractivity contribution is 14.1. The summed E-state index contributed by atoms with van der Waals surface area (Å²) in [5.41, 5.74) is 2.75. The molecule has 0 fully saturated rings. The number of quaternary nitrogens is 1. The van der Waals surface area contributed by atoms with Crippen LogP contribution < -0.4 is 4.48 Å². The van der Waals surface area contributed by atoms with E-state index in [1.807, 2.05) is 0 Å². The summed E-state index contributed by atoms with van der Waals surface area (Å²) >= 11 is 2.38. The first-order valence-electron chi connectivity index (χ1n) is 4.01. The van der Waals surface area contributed by atoms with E-state index in [4.69, 9.17) is 0 Å². The Labute approximate surface area is 88.1 Å². The van der Waals surface area contributed by atoms with Crippen LogP contribution in [-0.2, 0) is 4.43 Å². The molecule has 12 heavy (non-hydrogen) atoms. The smallest absolute Gasteiger partial charge is 0.132 e. The minimum Gasteiger partial charge on any atom is -0.298 e. The largest absolute Gasteiger partial charge is 0.298 e. The standard InChI is InChI=1S/C10H15IN/c1-12(2,3)10-6-4-9(8-11)5-7-10/h4-7H,8H2,1-3H3/q+1. The summed E-state index contributed by atoms with van der Waals surface area (Å²) in [5, 5.41) is 0. The van der Waals surface area contributed by atoms with E-state index >= 15 is 0 Å². The van der Waals surface area contributed by atoms with Gasteiger partial charge in [-0.25, -0.2) is 0 Å². The molecule has 1 nitrogen and oxygen atoms in total. The Kier molecular flexibility index (Phi) is 3.12. The number of benzene rings is 1. The molecule has 0 aliphatic heterocycles. The fourth-order valence-corrected chi connectivity index (χ4v) is 1.54. The topological polar surface area (TPSA) is 0 Å². The highest BCUT2D eigenvalue weighted by Gasteiger charge is 2.10. The Morgan fingerprint density at radius 2 is 1.58 bits per heavy atom. The third kappa shape index (κ3) is 2.45. The zero-order valence-electron chi connectivity index (χ0n) is 7.84. The number of hydrogen-bond acceptors (Lipinski definition) is 0. The van der Waals surface area contributed by atoms with Crippen molar-refractivity contribution in [1.82, 2.24) is 4.48 Å². The van der Waals surface area contributed by atoms with Crippen molar-refractivity contribution >= 4 is 28.3 Å². The molecule has 0 aliphatic carbocycles. The lowest BCUT2D eigenvalue weighted by molar-refractivity contribution is 0.486. The van der Waals surface area contributed by atoms with Gasteiger partial charge in [0.2, 0.25) is 0 Å². The van der Waals surface area contributed by atoms with E-state index < -0.39 is 0 Å². The molecule has 0 aromatic heterocycles. The maximum atomic E-state index is 2.38. The number of rotatable bonds is 2. The lowest BCUT2D eigenvalue weighted by Crippen LogP contribution is -2.34. The van der Waals surface area contributed by atoms with Crippen molar-refractivity contribution in [2.45, 2.75) is 4.43 Å². The normalized spacial score (nSPS) is 11.7. The van der Waals surface area contributed by atoms with Gasteiger partial charge >= 0.3 is 0 Å². The van der Waals surface area contributed by atoms with Crippen molar-refractivity contribution in [3.05, 3.63) is 29.8 Å². The molecule has 0 radical (unpaired) electrons. The van der Waals surface area contributed by atoms with Gasteiger partial charge in [0.25, 0.3) is 0 Å². The minimum absolute atomic E-state index is 0.890. The zero-order chi connectivity index (χ0) is 9.19.